The highest BCUT2D eigenvalue weighted by molar-refractivity contribution is 5.81. The van der Waals surface area contributed by atoms with Crippen molar-refractivity contribution in [3.8, 4) is 5.75 Å². The second-order valence-corrected chi connectivity index (χ2v) is 7.89. The number of aliphatic hydroxyl groups excluding tert-OH is 1. The van der Waals surface area contributed by atoms with Crippen LogP contribution in [-0.2, 0) is 12.8 Å². The molecule has 0 aliphatic carbocycles. The molecule has 4 aromatic rings. The van der Waals surface area contributed by atoms with E-state index in [1.54, 1.807) is 42.5 Å². The van der Waals surface area contributed by atoms with Crippen molar-refractivity contribution in [2.24, 2.45) is 0 Å². The van der Waals surface area contributed by atoms with Crippen molar-refractivity contribution in [2.75, 3.05) is 0 Å². The van der Waals surface area contributed by atoms with Crippen molar-refractivity contribution in [1.82, 2.24) is 4.98 Å². The van der Waals surface area contributed by atoms with Crippen LogP contribution in [0.3, 0.4) is 0 Å². The predicted octanol–water partition coefficient (Wildman–Crippen LogP) is 6.68. The minimum Gasteiger partial charge on any atom is -0.488 e. The van der Waals surface area contributed by atoms with Crippen molar-refractivity contribution >= 4 is 23.1 Å². The van der Waals surface area contributed by atoms with Gasteiger partial charge >= 0.3 is 6.18 Å². The van der Waals surface area contributed by atoms with Gasteiger partial charge in [0.1, 0.15) is 18.5 Å². The van der Waals surface area contributed by atoms with Crippen LogP contribution in [0, 0.1) is 11.6 Å². The van der Waals surface area contributed by atoms with Crippen LogP contribution in [-0.4, -0.2) is 10.1 Å². The molecule has 0 fully saturated rings. The van der Waals surface area contributed by atoms with Gasteiger partial charge in [-0.25, -0.2) is 13.8 Å². The summed E-state index contributed by atoms with van der Waals surface area (Å²) in [7, 11) is 0. The van der Waals surface area contributed by atoms with Gasteiger partial charge < -0.3 is 9.84 Å². The van der Waals surface area contributed by atoms with Crippen LogP contribution in [0.25, 0.3) is 23.1 Å². The van der Waals surface area contributed by atoms with Gasteiger partial charge in [0.15, 0.2) is 11.6 Å². The van der Waals surface area contributed by atoms with Crippen molar-refractivity contribution in [1.29, 1.82) is 0 Å². The average molecular weight is 469 g/mol. The van der Waals surface area contributed by atoms with Crippen LogP contribution in [0.15, 0.2) is 60.7 Å². The minimum atomic E-state index is -4.57. The van der Waals surface area contributed by atoms with Gasteiger partial charge in [0.2, 0.25) is 0 Å². The number of rotatable bonds is 2. The van der Waals surface area contributed by atoms with Crippen molar-refractivity contribution in [2.45, 2.75) is 18.9 Å². The summed E-state index contributed by atoms with van der Waals surface area (Å²) >= 11 is 0. The Hall–Kier alpha value is -3.78. The number of fused-ring (bicyclic) bond motifs is 3. The highest BCUT2D eigenvalue weighted by atomic mass is 19.4. The topological polar surface area (TPSA) is 42.4 Å². The molecule has 1 aliphatic rings. The number of hydrogen-bond acceptors (Lipinski definition) is 3. The molecule has 0 saturated heterocycles. The van der Waals surface area contributed by atoms with E-state index in [0.29, 0.717) is 27.7 Å². The third-order valence-corrected chi connectivity index (χ3v) is 5.71. The zero-order chi connectivity index (χ0) is 24.0. The number of pyridine rings is 1. The van der Waals surface area contributed by atoms with E-state index in [2.05, 4.69) is 4.98 Å². The Bertz CT molecular complexity index is 1450. The maximum absolute atomic E-state index is 13.5. The van der Waals surface area contributed by atoms with E-state index >= 15 is 0 Å². The standard InChI is InChI=1S/C26H16F5NO2/c27-21-11-15-6-8-16(32-23(15)12-22(21)28)7-4-14-5-9-24-18(10-14)25(33)17-2-1-3-20(26(29,30)31)19(17)13-34-24/h1-12,25,33H,13H2/b7-4+. The fourth-order valence-corrected chi connectivity index (χ4v) is 4.03. The van der Waals surface area contributed by atoms with Gasteiger partial charge in [0, 0.05) is 22.6 Å². The second kappa shape index (κ2) is 8.22. The Labute approximate surface area is 190 Å². The molecule has 1 unspecified atom stereocenters. The molecule has 172 valence electrons. The zero-order valence-electron chi connectivity index (χ0n) is 17.4. The molecule has 3 aromatic carbocycles. The molecule has 0 amide bonds. The molecule has 0 radical (unpaired) electrons. The summed E-state index contributed by atoms with van der Waals surface area (Å²) in [5.41, 5.74) is 0.971. The van der Waals surface area contributed by atoms with Crippen molar-refractivity contribution < 1.29 is 31.8 Å². The summed E-state index contributed by atoms with van der Waals surface area (Å²) in [5, 5.41) is 11.4. The molecule has 2 heterocycles. The Morgan fingerprint density at radius 1 is 0.912 bits per heavy atom. The minimum absolute atomic E-state index is 0.0974. The van der Waals surface area contributed by atoms with E-state index in [9.17, 15) is 27.1 Å². The molecule has 0 bridgehead atoms. The molecule has 1 N–H and O–H groups in total. The SMILES string of the molecule is OC1c2cc(/C=C/c3ccc4cc(F)c(F)cc4n3)ccc2OCc2c1cccc2C(F)(F)F. The number of nitrogens with zero attached hydrogens (tertiary/aromatic N) is 1. The highest BCUT2D eigenvalue weighted by Crippen LogP contribution is 2.41. The fraction of sp³-hybridized carbons (Fsp3) is 0.115. The van der Waals surface area contributed by atoms with E-state index in [4.69, 9.17) is 4.74 Å². The molecule has 0 spiro atoms. The number of aliphatic hydroxyl groups is 1. The first-order chi connectivity index (χ1) is 16.2. The van der Waals surface area contributed by atoms with Gasteiger partial charge in [0.25, 0.3) is 0 Å². The lowest BCUT2D eigenvalue weighted by Crippen LogP contribution is -2.13. The lowest BCUT2D eigenvalue weighted by atomic mass is 9.93. The molecular weight excluding hydrogens is 453 g/mol. The van der Waals surface area contributed by atoms with Crippen LogP contribution >= 0.6 is 0 Å². The summed E-state index contributed by atoms with van der Waals surface area (Å²) in [6.45, 7) is -0.317. The monoisotopic (exact) mass is 469 g/mol. The fourth-order valence-electron chi connectivity index (χ4n) is 4.03. The third kappa shape index (κ3) is 4.01. The van der Waals surface area contributed by atoms with E-state index in [0.717, 1.165) is 18.2 Å². The van der Waals surface area contributed by atoms with E-state index in [1.807, 2.05) is 0 Å². The van der Waals surface area contributed by atoms with Gasteiger partial charge in [-0.2, -0.15) is 13.2 Å². The lowest BCUT2D eigenvalue weighted by Gasteiger charge is -2.17. The van der Waals surface area contributed by atoms with E-state index < -0.39 is 29.5 Å². The van der Waals surface area contributed by atoms with Gasteiger partial charge in [-0.1, -0.05) is 30.3 Å². The van der Waals surface area contributed by atoms with Crippen LogP contribution in [0.1, 0.15) is 39.6 Å². The van der Waals surface area contributed by atoms with Crippen LogP contribution in [0.2, 0.25) is 0 Å². The number of ether oxygens (including phenoxy) is 1. The normalized spacial score (nSPS) is 15.6. The Balaban J connectivity index is 1.48. The summed E-state index contributed by atoms with van der Waals surface area (Å²) in [4.78, 5) is 4.30. The Morgan fingerprint density at radius 2 is 1.71 bits per heavy atom. The van der Waals surface area contributed by atoms with Crippen molar-refractivity contribution in [3.05, 3.63) is 106 Å². The Kier molecular flexibility index (Phi) is 5.32. The average Bonchev–Trinajstić information content (AvgIpc) is 2.94. The van der Waals surface area contributed by atoms with Gasteiger partial charge in [0.05, 0.1) is 16.8 Å². The molecule has 8 heteroatoms. The molecule has 5 rings (SSSR count). The quantitative estimate of drug-likeness (QED) is 0.333. The maximum atomic E-state index is 13.5. The van der Waals surface area contributed by atoms with Crippen LogP contribution in [0.4, 0.5) is 22.0 Å². The first-order valence-electron chi connectivity index (χ1n) is 10.3. The number of hydrogen-bond donors (Lipinski definition) is 1. The third-order valence-electron chi connectivity index (χ3n) is 5.71. The molecule has 0 saturated carbocycles. The van der Waals surface area contributed by atoms with Crippen LogP contribution in [0.5, 0.6) is 5.75 Å². The number of halogens is 5. The zero-order valence-corrected chi connectivity index (χ0v) is 17.4. The summed E-state index contributed by atoms with van der Waals surface area (Å²) in [6.07, 6.45) is -2.53. The molecule has 3 nitrogen and oxygen atoms in total. The van der Waals surface area contributed by atoms with Gasteiger partial charge in [-0.3, -0.25) is 0 Å². The summed E-state index contributed by atoms with van der Waals surface area (Å²) < 4.78 is 72.8. The first kappa shape index (κ1) is 22.0. The second-order valence-electron chi connectivity index (χ2n) is 7.89. The van der Waals surface area contributed by atoms with Gasteiger partial charge in [-0.05, 0) is 47.5 Å². The van der Waals surface area contributed by atoms with Gasteiger partial charge in [-0.15, -0.1) is 0 Å². The molecule has 1 aromatic heterocycles. The maximum Gasteiger partial charge on any atom is 0.416 e. The summed E-state index contributed by atoms with van der Waals surface area (Å²) in [5.74, 6) is -1.66. The lowest BCUT2D eigenvalue weighted by molar-refractivity contribution is -0.138. The largest absolute Gasteiger partial charge is 0.488 e. The smallest absolute Gasteiger partial charge is 0.416 e. The van der Waals surface area contributed by atoms with E-state index in [-0.39, 0.29) is 23.5 Å². The number of alkyl halides is 3. The molecule has 1 aliphatic heterocycles. The highest BCUT2D eigenvalue weighted by Gasteiger charge is 2.36. The number of aromatic nitrogens is 1. The Morgan fingerprint density at radius 3 is 2.50 bits per heavy atom. The van der Waals surface area contributed by atoms with Crippen molar-refractivity contribution in [3.63, 3.8) is 0 Å². The molecule has 1 atom stereocenters. The van der Waals surface area contributed by atoms with E-state index in [1.165, 1.54) is 12.1 Å². The molecular formula is C26H16F5NO2. The van der Waals surface area contributed by atoms with Crippen LogP contribution < -0.4 is 4.74 Å². The first-order valence-corrected chi connectivity index (χ1v) is 10.3. The molecule has 34 heavy (non-hydrogen) atoms. The summed E-state index contributed by atoms with van der Waals surface area (Å²) in [6, 6.07) is 13.9. The number of benzene rings is 3. The predicted molar refractivity (Wildman–Crippen MR) is 117 cm³/mol.